The van der Waals surface area contributed by atoms with Crippen LogP contribution >= 0.6 is 0 Å². The van der Waals surface area contributed by atoms with Gasteiger partial charge >= 0.3 is 0 Å². The van der Waals surface area contributed by atoms with Crippen LogP contribution in [0.3, 0.4) is 0 Å². The molecule has 0 saturated heterocycles. The Labute approximate surface area is 94.1 Å². The topological polar surface area (TPSA) is 85.1 Å². The minimum absolute atomic E-state index is 0.146. The zero-order valence-corrected chi connectivity index (χ0v) is 9.57. The quantitative estimate of drug-likeness (QED) is 0.771. The molecule has 1 rings (SSSR count). The van der Waals surface area contributed by atoms with E-state index in [9.17, 15) is 9.59 Å². The van der Waals surface area contributed by atoms with Crippen molar-refractivity contribution in [3.8, 4) is 0 Å². The highest BCUT2D eigenvalue weighted by atomic mass is 16.2. The molecule has 0 unspecified atom stereocenters. The normalized spacial score (nSPS) is 10.9. The van der Waals surface area contributed by atoms with Gasteiger partial charge in [0.05, 0.1) is 5.56 Å². The number of carbonyl (C=O) groups is 2. The molecule has 0 aromatic carbocycles. The number of amides is 2. The summed E-state index contributed by atoms with van der Waals surface area (Å²) in [5.74, 6) is -0.834. The van der Waals surface area contributed by atoms with Crippen LogP contribution in [-0.2, 0) is 0 Å². The van der Waals surface area contributed by atoms with Gasteiger partial charge in [0, 0.05) is 11.7 Å². The number of primary amides is 1. The standard InChI is InChI=1S/C11H15N3O2/c1-11(2,3)14-10(16)7-4-5-8(9(12)15)13-6-7/h4-6H,1-3H3,(H2,12,15)(H,14,16). The molecule has 0 aliphatic rings. The van der Waals surface area contributed by atoms with Gasteiger partial charge in [-0.2, -0.15) is 0 Å². The van der Waals surface area contributed by atoms with Crippen molar-refractivity contribution in [1.29, 1.82) is 0 Å². The summed E-state index contributed by atoms with van der Waals surface area (Å²) >= 11 is 0. The molecule has 0 radical (unpaired) electrons. The molecule has 3 N–H and O–H groups in total. The average molecular weight is 221 g/mol. The predicted octanol–water partition coefficient (Wildman–Crippen LogP) is 0.709. The first-order chi connectivity index (χ1) is 7.29. The number of hydrogen-bond acceptors (Lipinski definition) is 3. The molecule has 16 heavy (non-hydrogen) atoms. The third kappa shape index (κ3) is 3.34. The van der Waals surface area contributed by atoms with Crippen molar-refractivity contribution in [2.24, 2.45) is 5.73 Å². The van der Waals surface area contributed by atoms with Crippen LogP contribution in [0.1, 0.15) is 41.6 Å². The molecule has 1 aromatic heterocycles. The average Bonchev–Trinajstić information content (AvgIpc) is 2.15. The predicted molar refractivity (Wildman–Crippen MR) is 60.0 cm³/mol. The van der Waals surface area contributed by atoms with Gasteiger partial charge in [-0.15, -0.1) is 0 Å². The number of carbonyl (C=O) groups excluding carboxylic acids is 2. The van der Waals surface area contributed by atoms with Crippen molar-refractivity contribution < 1.29 is 9.59 Å². The maximum Gasteiger partial charge on any atom is 0.267 e. The third-order valence-electron chi connectivity index (χ3n) is 1.77. The molecule has 2 amide bonds. The number of nitrogens with one attached hydrogen (secondary N) is 1. The van der Waals surface area contributed by atoms with Gasteiger partial charge in [0.25, 0.3) is 11.8 Å². The van der Waals surface area contributed by atoms with Crippen molar-refractivity contribution in [1.82, 2.24) is 10.3 Å². The first-order valence-corrected chi connectivity index (χ1v) is 4.88. The molecule has 5 heteroatoms. The van der Waals surface area contributed by atoms with Gasteiger partial charge in [0.2, 0.25) is 0 Å². The number of nitrogens with zero attached hydrogens (tertiary/aromatic N) is 1. The van der Waals surface area contributed by atoms with Crippen LogP contribution in [0.15, 0.2) is 18.3 Å². The van der Waals surface area contributed by atoms with Crippen molar-refractivity contribution in [2.45, 2.75) is 26.3 Å². The second-order valence-electron chi connectivity index (χ2n) is 4.50. The summed E-state index contributed by atoms with van der Waals surface area (Å²) < 4.78 is 0. The van der Waals surface area contributed by atoms with Crippen LogP contribution < -0.4 is 11.1 Å². The van der Waals surface area contributed by atoms with E-state index in [0.29, 0.717) is 5.56 Å². The van der Waals surface area contributed by atoms with Gasteiger partial charge in [-0.3, -0.25) is 14.6 Å². The van der Waals surface area contributed by atoms with Gasteiger partial charge < -0.3 is 11.1 Å². The van der Waals surface area contributed by atoms with Crippen LogP contribution in [0.25, 0.3) is 0 Å². The Kier molecular flexibility index (Phi) is 3.27. The van der Waals surface area contributed by atoms with Gasteiger partial charge in [-0.1, -0.05) is 0 Å². The summed E-state index contributed by atoms with van der Waals surface area (Å²) in [7, 11) is 0. The molecule has 0 aliphatic heterocycles. The van der Waals surface area contributed by atoms with E-state index in [1.165, 1.54) is 18.3 Å². The molecule has 0 atom stereocenters. The van der Waals surface area contributed by atoms with Crippen LogP contribution in [0.4, 0.5) is 0 Å². The summed E-state index contributed by atoms with van der Waals surface area (Å²) in [5.41, 5.74) is 5.28. The summed E-state index contributed by atoms with van der Waals surface area (Å²) in [4.78, 5) is 26.2. The van der Waals surface area contributed by atoms with Crippen LogP contribution in [0, 0.1) is 0 Å². The molecule has 86 valence electrons. The first kappa shape index (κ1) is 12.2. The Bertz CT molecular complexity index is 404. The van der Waals surface area contributed by atoms with Crippen LogP contribution in [0.2, 0.25) is 0 Å². The van der Waals surface area contributed by atoms with Gasteiger partial charge in [0.1, 0.15) is 5.69 Å². The van der Waals surface area contributed by atoms with Crippen molar-refractivity contribution in [2.75, 3.05) is 0 Å². The Morgan fingerprint density at radius 3 is 2.31 bits per heavy atom. The second kappa shape index (κ2) is 4.30. The summed E-state index contributed by atoms with van der Waals surface area (Å²) in [5, 5.41) is 2.79. The lowest BCUT2D eigenvalue weighted by atomic mass is 10.1. The number of pyridine rings is 1. The van der Waals surface area contributed by atoms with E-state index in [-0.39, 0.29) is 17.1 Å². The lowest BCUT2D eigenvalue weighted by Crippen LogP contribution is -2.40. The molecule has 0 saturated carbocycles. The molecular weight excluding hydrogens is 206 g/mol. The fraction of sp³-hybridized carbons (Fsp3) is 0.364. The molecular formula is C11H15N3O2. The minimum atomic E-state index is -0.609. The zero-order valence-electron chi connectivity index (χ0n) is 9.57. The molecule has 1 heterocycles. The van der Waals surface area contributed by atoms with Crippen molar-refractivity contribution in [3.05, 3.63) is 29.6 Å². The van der Waals surface area contributed by atoms with E-state index in [0.717, 1.165) is 0 Å². The Balaban J connectivity index is 2.82. The number of nitrogens with two attached hydrogens (primary N) is 1. The van der Waals surface area contributed by atoms with E-state index >= 15 is 0 Å². The summed E-state index contributed by atoms with van der Waals surface area (Å²) in [6, 6.07) is 2.95. The monoisotopic (exact) mass is 221 g/mol. The molecule has 5 nitrogen and oxygen atoms in total. The van der Waals surface area contributed by atoms with Gasteiger partial charge in [-0.05, 0) is 32.9 Å². The van der Waals surface area contributed by atoms with Crippen molar-refractivity contribution in [3.63, 3.8) is 0 Å². The molecule has 0 bridgehead atoms. The van der Waals surface area contributed by atoms with Crippen LogP contribution in [0.5, 0.6) is 0 Å². The number of aromatic nitrogens is 1. The van der Waals surface area contributed by atoms with Gasteiger partial charge in [0.15, 0.2) is 0 Å². The first-order valence-electron chi connectivity index (χ1n) is 4.88. The highest BCUT2D eigenvalue weighted by Gasteiger charge is 2.15. The lowest BCUT2D eigenvalue weighted by Gasteiger charge is -2.20. The minimum Gasteiger partial charge on any atom is -0.364 e. The van der Waals surface area contributed by atoms with E-state index in [2.05, 4.69) is 10.3 Å². The molecule has 1 aromatic rings. The lowest BCUT2D eigenvalue weighted by molar-refractivity contribution is 0.0916. The summed E-state index contributed by atoms with van der Waals surface area (Å²) in [6.45, 7) is 5.66. The van der Waals surface area contributed by atoms with E-state index in [1.54, 1.807) is 0 Å². The summed E-state index contributed by atoms with van der Waals surface area (Å²) in [6.07, 6.45) is 1.33. The third-order valence-corrected chi connectivity index (χ3v) is 1.77. The molecule has 0 spiro atoms. The maximum atomic E-state index is 11.7. The zero-order chi connectivity index (χ0) is 12.3. The number of rotatable bonds is 2. The Morgan fingerprint density at radius 2 is 1.94 bits per heavy atom. The molecule has 0 fully saturated rings. The fourth-order valence-corrected chi connectivity index (χ4v) is 1.09. The fourth-order valence-electron chi connectivity index (χ4n) is 1.09. The van der Waals surface area contributed by atoms with Crippen molar-refractivity contribution >= 4 is 11.8 Å². The second-order valence-corrected chi connectivity index (χ2v) is 4.50. The number of hydrogen-bond donors (Lipinski definition) is 2. The Morgan fingerprint density at radius 1 is 1.31 bits per heavy atom. The van der Waals surface area contributed by atoms with E-state index in [1.807, 2.05) is 20.8 Å². The highest BCUT2D eigenvalue weighted by Crippen LogP contribution is 2.04. The molecule has 0 aliphatic carbocycles. The largest absolute Gasteiger partial charge is 0.364 e. The maximum absolute atomic E-state index is 11.7. The van der Waals surface area contributed by atoms with Gasteiger partial charge in [-0.25, -0.2) is 0 Å². The van der Waals surface area contributed by atoms with Crippen LogP contribution in [-0.4, -0.2) is 22.3 Å². The highest BCUT2D eigenvalue weighted by molar-refractivity contribution is 5.96. The smallest absolute Gasteiger partial charge is 0.267 e. The SMILES string of the molecule is CC(C)(C)NC(=O)c1ccc(C(N)=O)nc1. The Hall–Kier alpha value is -1.91. The van der Waals surface area contributed by atoms with E-state index < -0.39 is 5.91 Å². The van der Waals surface area contributed by atoms with E-state index in [4.69, 9.17) is 5.73 Å².